The Morgan fingerprint density at radius 2 is 0.886 bits per heavy atom. The zero-order valence-corrected chi connectivity index (χ0v) is 26.9. The Morgan fingerprint density at radius 1 is 0.341 bits per heavy atom. The van der Waals surface area contributed by atoms with Gasteiger partial charge in [0.1, 0.15) is 0 Å². The van der Waals surface area contributed by atoms with E-state index in [9.17, 15) is 0 Å². The fraction of sp³-hybridized carbons (Fsp3) is 0.227. The van der Waals surface area contributed by atoms with Crippen molar-refractivity contribution in [2.75, 3.05) is 0 Å². The molecule has 0 fully saturated rings. The summed E-state index contributed by atoms with van der Waals surface area (Å²) in [6, 6.07) is 32.9. The van der Waals surface area contributed by atoms with Gasteiger partial charge in [0.25, 0.3) is 0 Å². The highest BCUT2D eigenvalue weighted by Gasteiger charge is 2.36. The monoisotopic (exact) mass is 568 g/mol. The van der Waals surface area contributed by atoms with Crippen molar-refractivity contribution in [3.05, 3.63) is 129 Å². The van der Waals surface area contributed by atoms with E-state index in [1.807, 2.05) is 41.5 Å². The summed E-state index contributed by atoms with van der Waals surface area (Å²) in [5.41, 5.74) is 21.2. The molecule has 0 amide bonds. The molecule has 0 spiro atoms. The van der Waals surface area contributed by atoms with Crippen molar-refractivity contribution in [3.63, 3.8) is 0 Å². The standard InChI is InChI=1S/C38H22.3C2H6/c1-4-11-25-19(6-1)14-23-18-30-29-17-22-9-5-8-21-16-28(37(29)32(21)22)26-12-13-27-34-24-10-3-2-7-20(24)15-31(34)35(25)33(23)38(27)36(26)30;3*1-2/h1-13,18H,14-17H2;3*1-2H3. The third-order valence-corrected chi connectivity index (χ3v) is 10.3. The van der Waals surface area contributed by atoms with Gasteiger partial charge in [0, 0.05) is 0 Å². The van der Waals surface area contributed by atoms with Crippen LogP contribution in [-0.4, -0.2) is 0 Å². The Bertz CT molecular complexity index is 2280. The zero-order chi connectivity index (χ0) is 30.3. The predicted molar refractivity (Wildman–Crippen MR) is 192 cm³/mol. The summed E-state index contributed by atoms with van der Waals surface area (Å²) in [4.78, 5) is 0. The van der Waals surface area contributed by atoms with E-state index in [1.54, 1.807) is 22.3 Å². The SMILES string of the molecule is CC.CC.CC.c1ccc2c(c1)Cc1c-2c2ccc3c4c5c(c6cc7c(c1-c1ccccc1C7)c2c36)Cc1cccc(c1-5)C4. The maximum absolute atomic E-state index is 2.61. The van der Waals surface area contributed by atoms with Crippen molar-refractivity contribution < 1.29 is 0 Å². The number of rotatable bonds is 0. The molecule has 0 N–H and O–H groups in total. The molecule has 0 unspecified atom stereocenters. The van der Waals surface area contributed by atoms with Gasteiger partial charge in [0.15, 0.2) is 0 Å². The van der Waals surface area contributed by atoms with E-state index in [2.05, 4.69) is 84.9 Å². The van der Waals surface area contributed by atoms with Crippen molar-refractivity contribution >= 4 is 32.3 Å². The number of benzene rings is 7. The molecule has 11 rings (SSSR count). The molecule has 0 aromatic heterocycles. The minimum Gasteiger partial charge on any atom is -0.0683 e. The quantitative estimate of drug-likeness (QED) is 0.160. The Morgan fingerprint density at radius 3 is 1.59 bits per heavy atom. The molecule has 4 aliphatic carbocycles. The predicted octanol–water partition coefficient (Wildman–Crippen LogP) is 12.3. The molecule has 0 nitrogen and oxygen atoms in total. The molecule has 0 saturated heterocycles. The fourth-order valence-corrected chi connectivity index (χ4v) is 8.97. The van der Waals surface area contributed by atoms with Gasteiger partial charge in [-0.25, -0.2) is 0 Å². The summed E-state index contributed by atoms with van der Waals surface area (Å²) in [7, 11) is 0. The van der Waals surface area contributed by atoms with Gasteiger partial charge in [-0.05, 0) is 142 Å². The topological polar surface area (TPSA) is 0 Å². The molecule has 7 aromatic rings. The molecule has 216 valence electrons. The Kier molecular flexibility index (Phi) is 6.21. The van der Waals surface area contributed by atoms with E-state index in [-0.39, 0.29) is 0 Å². The van der Waals surface area contributed by atoms with E-state index in [0.29, 0.717) is 0 Å². The highest BCUT2D eigenvalue weighted by Crippen LogP contribution is 2.58. The lowest BCUT2D eigenvalue weighted by molar-refractivity contribution is 1.18. The lowest BCUT2D eigenvalue weighted by atomic mass is 9.75. The van der Waals surface area contributed by atoms with Crippen LogP contribution in [0.4, 0.5) is 0 Å². The zero-order valence-electron chi connectivity index (χ0n) is 26.9. The van der Waals surface area contributed by atoms with Crippen LogP contribution in [0.1, 0.15) is 86.1 Å². The molecular formula is C44H40. The summed E-state index contributed by atoms with van der Waals surface area (Å²) >= 11 is 0. The average Bonchev–Trinajstić information content (AvgIpc) is 3.81. The van der Waals surface area contributed by atoms with Crippen molar-refractivity contribution in [1.82, 2.24) is 0 Å². The Balaban J connectivity index is 0.000000457. The molecule has 0 heterocycles. The lowest BCUT2D eigenvalue weighted by Gasteiger charge is -2.28. The molecule has 44 heavy (non-hydrogen) atoms. The van der Waals surface area contributed by atoms with Gasteiger partial charge >= 0.3 is 0 Å². The highest BCUT2D eigenvalue weighted by molar-refractivity contribution is 6.32. The number of hydrogen-bond donors (Lipinski definition) is 0. The fourth-order valence-electron chi connectivity index (χ4n) is 8.97. The molecule has 0 heteroatoms. The average molecular weight is 569 g/mol. The summed E-state index contributed by atoms with van der Waals surface area (Å²) in [5, 5.41) is 9.03. The van der Waals surface area contributed by atoms with E-state index in [1.165, 1.54) is 88.0 Å². The van der Waals surface area contributed by atoms with Crippen LogP contribution in [0.15, 0.2) is 84.9 Å². The summed E-state index contributed by atoms with van der Waals surface area (Å²) < 4.78 is 0. The second-order valence-electron chi connectivity index (χ2n) is 11.9. The van der Waals surface area contributed by atoms with E-state index in [0.717, 1.165) is 25.7 Å². The summed E-state index contributed by atoms with van der Waals surface area (Å²) in [6.07, 6.45) is 4.20. The van der Waals surface area contributed by atoms with E-state index < -0.39 is 0 Å². The minimum atomic E-state index is 1.02. The first-order valence-corrected chi connectivity index (χ1v) is 17.0. The first-order valence-electron chi connectivity index (χ1n) is 17.0. The smallest absolute Gasteiger partial charge is 0.000683 e. The van der Waals surface area contributed by atoms with Crippen LogP contribution in [0.3, 0.4) is 0 Å². The van der Waals surface area contributed by atoms with Gasteiger partial charge in [-0.1, -0.05) is 120 Å². The third-order valence-electron chi connectivity index (χ3n) is 10.3. The second kappa shape index (κ2) is 10.1. The van der Waals surface area contributed by atoms with E-state index >= 15 is 0 Å². The number of hydrogen-bond acceptors (Lipinski definition) is 0. The summed E-state index contributed by atoms with van der Waals surface area (Å²) in [5.74, 6) is 0. The van der Waals surface area contributed by atoms with Gasteiger partial charge in [-0.2, -0.15) is 0 Å². The maximum atomic E-state index is 2.61. The van der Waals surface area contributed by atoms with Gasteiger partial charge in [0.2, 0.25) is 0 Å². The van der Waals surface area contributed by atoms with Gasteiger partial charge in [0.05, 0.1) is 0 Å². The summed E-state index contributed by atoms with van der Waals surface area (Å²) in [6.45, 7) is 12.0. The van der Waals surface area contributed by atoms with Gasteiger partial charge < -0.3 is 0 Å². The van der Waals surface area contributed by atoms with Crippen molar-refractivity contribution in [3.8, 4) is 33.4 Å². The van der Waals surface area contributed by atoms with Crippen LogP contribution in [-0.2, 0) is 25.7 Å². The molecule has 0 atom stereocenters. The van der Waals surface area contributed by atoms with Crippen LogP contribution in [0, 0.1) is 0 Å². The molecule has 0 aliphatic heterocycles. The molecular weight excluding hydrogens is 528 g/mol. The van der Waals surface area contributed by atoms with Gasteiger partial charge in [-0.15, -0.1) is 0 Å². The van der Waals surface area contributed by atoms with Crippen LogP contribution in [0.5, 0.6) is 0 Å². The molecule has 7 aromatic carbocycles. The Labute approximate surface area is 261 Å². The van der Waals surface area contributed by atoms with Gasteiger partial charge in [-0.3, -0.25) is 0 Å². The molecule has 0 bridgehead atoms. The Hall–Kier alpha value is -4.42. The molecule has 0 saturated carbocycles. The lowest BCUT2D eigenvalue weighted by Crippen LogP contribution is -2.06. The van der Waals surface area contributed by atoms with Crippen LogP contribution in [0.25, 0.3) is 65.7 Å². The normalized spacial score (nSPS) is 13.3. The third kappa shape index (κ3) is 3.24. The first-order chi connectivity index (χ1) is 21.8. The maximum Gasteiger partial charge on any atom is -0.000683 e. The van der Waals surface area contributed by atoms with Crippen LogP contribution in [0.2, 0.25) is 0 Å². The van der Waals surface area contributed by atoms with Crippen LogP contribution < -0.4 is 0 Å². The van der Waals surface area contributed by atoms with Crippen molar-refractivity contribution in [1.29, 1.82) is 0 Å². The number of fused-ring (bicyclic) bond motifs is 9. The van der Waals surface area contributed by atoms with Crippen molar-refractivity contribution in [2.24, 2.45) is 0 Å². The van der Waals surface area contributed by atoms with Crippen molar-refractivity contribution in [2.45, 2.75) is 67.2 Å². The molecule has 0 radical (unpaired) electrons. The van der Waals surface area contributed by atoms with E-state index in [4.69, 9.17) is 0 Å². The minimum absolute atomic E-state index is 1.02. The van der Waals surface area contributed by atoms with Crippen LogP contribution >= 0.6 is 0 Å². The molecule has 4 aliphatic rings. The largest absolute Gasteiger partial charge is 0.0683 e. The second-order valence-corrected chi connectivity index (χ2v) is 11.9. The highest BCUT2D eigenvalue weighted by atomic mass is 14.4. The first kappa shape index (κ1) is 27.2.